The Morgan fingerprint density at radius 3 is 2.61 bits per heavy atom. The van der Waals surface area contributed by atoms with Gasteiger partial charge in [-0.1, -0.05) is 37.3 Å². The Morgan fingerprint density at radius 2 is 1.89 bits per heavy atom. The van der Waals surface area contributed by atoms with Gasteiger partial charge in [0.25, 0.3) is 0 Å². The highest BCUT2D eigenvalue weighted by atomic mass is 32.2. The smallest absolute Gasteiger partial charge is 0.304 e. The molecule has 1 saturated carbocycles. The molecule has 1 N–H and O–H groups in total. The average molecular weight is 554 g/mol. The van der Waals surface area contributed by atoms with E-state index in [-0.39, 0.29) is 42.2 Å². The van der Waals surface area contributed by atoms with Gasteiger partial charge in [-0.25, -0.2) is 8.42 Å². The van der Waals surface area contributed by atoms with Crippen LogP contribution in [0.25, 0.3) is 0 Å². The van der Waals surface area contributed by atoms with Crippen molar-refractivity contribution in [2.24, 2.45) is 5.92 Å². The zero-order valence-electron chi connectivity index (χ0n) is 21.4. The largest absolute Gasteiger partial charge is 0.488 e. The van der Waals surface area contributed by atoms with Gasteiger partial charge in [0.2, 0.25) is 10.0 Å². The summed E-state index contributed by atoms with van der Waals surface area (Å²) in [6, 6.07) is 16.1. The minimum absolute atomic E-state index is 0.0991. The second-order valence-electron chi connectivity index (χ2n) is 10.1. The summed E-state index contributed by atoms with van der Waals surface area (Å²) < 4.78 is 34.8. The summed E-state index contributed by atoms with van der Waals surface area (Å²) in [4.78, 5) is 26.0. The number of sulfonamides is 1. The lowest BCUT2D eigenvalue weighted by Gasteiger charge is -2.24. The van der Waals surface area contributed by atoms with E-state index in [0.717, 1.165) is 34.4 Å². The number of aryl methyl sites for hydroxylation is 1. The maximum Gasteiger partial charge on any atom is 0.304 e. The van der Waals surface area contributed by atoms with Crippen molar-refractivity contribution in [3.05, 3.63) is 81.0 Å². The van der Waals surface area contributed by atoms with E-state index >= 15 is 0 Å². The van der Waals surface area contributed by atoms with Crippen LogP contribution >= 0.6 is 11.3 Å². The Balaban J connectivity index is 1.48. The lowest BCUT2D eigenvalue weighted by Crippen LogP contribution is -2.36. The Morgan fingerprint density at radius 1 is 1.13 bits per heavy atom. The van der Waals surface area contributed by atoms with Crippen LogP contribution < -0.4 is 4.74 Å². The number of Topliss-reactive ketones (excluding diaryl/α,β-unsaturated/α-hetero) is 1. The summed E-state index contributed by atoms with van der Waals surface area (Å²) in [5.41, 5.74) is 2.51. The number of ketones is 1. The van der Waals surface area contributed by atoms with Gasteiger partial charge >= 0.3 is 5.97 Å². The molecule has 0 bridgehead atoms. The predicted octanol–water partition coefficient (Wildman–Crippen LogP) is 5.62. The van der Waals surface area contributed by atoms with Crippen LogP contribution in [-0.2, 0) is 21.4 Å². The van der Waals surface area contributed by atoms with Gasteiger partial charge in [0.15, 0.2) is 5.78 Å². The molecule has 38 heavy (non-hydrogen) atoms. The molecule has 0 amide bonds. The summed E-state index contributed by atoms with van der Waals surface area (Å²) in [7, 11) is -3.81. The van der Waals surface area contributed by atoms with Gasteiger partial charge in [-0.15, -0.1) is 11.3 Å². The van der Waals surface area contributed by atoms with E-state index in [1.807, 2.05) is 38.1 Å². The third-order valence-electron chi connectivity index (χ3n) is 7.29. The fraction of sp³-hybridized carbons (Fsp3) is 0.379. The predicted molar refractivity (Wildman–Crippen MR) is 145 cm³/mol. The van der Waals surface area contributed by atoms with Crippen molar-refractivity contribution in [3.63, 3.8) is 0 Å². The average Bonchev–Trinajstić information content (AvgIpc) is 3.64. The molecule has 1 aromatic heterocycles. The van der Waals surface area contributed by atoms with Crippen molar-refractivity contribution < 1.29 is 27.9 Å². The van der Waals surface area contributed by atoms with Crippen molar-refractivity contribution >= 4 is 33.1 Å². The van der Waals surface area contributed by atoms with Crippen molar-refractivity contribution in [2.75, 3.05) is 6.54 Å². The fourth-order valence-electron chi connectivity index (χ4n) is 4.85. The lowest BCUT2D eigenvalue weighted by atomic mass is 9.91. The van der Waals surface area contributed by atoms with Gasteiger partial charge in [-0.2, -0.15) is 4.31 Å². The SMILES string of the molecule is CC[C@@H]1CN(Cc2cc(C(CC(=O)O)c3ccc(C(=O)C4CC4)s3)ccc2C)S(=O)(=O)c2ccccc2O1. The molecule has 0 spiro atoms. The molecule has 2 aliphatic rings. The van der Waals surface area contributed by atoms with Crippen LogP contribution in [0, 0.1) is 12.8 Å². The second-order valence-corrected chi connectivity index (χ2v) is 13.1. The van der Waals surface area contributed by atoms with Crippen molar-refractivity contribution in [1.82, 2.24) is 4.31 Å². The number of para-hydroxylation sites is 1. The number of carboxylic acids is 1. The van der Waals surface area contributed by atoms with E-state index in [2.05, 4.69) is 0 Å². The van der Waals surface area contributed by atoms with E-state index in [1.165, 1.54) is 15.6 Å². The molecule has 1 aliphatic carbocycles. The van der Waals surface area contributed by atoms with Crippen LogP contribution in [0.4, 0.5) is 0 Å². The zero-order chi connectivity index (χ0) is 27.0. The topological polar surface area (TPSA) is 101 Å². The van der Waals surface area contributed by atoms with Crippen LogP contribution in [0.2, 0.25) is 0 Å². The minimum atomic E-state index is -3.81. The molecule has 3 aromatic rings. The molecule has 1 fully saturated rings. The zero-order valence-corrected chi connectivity index (χ0v) is 23.1. The number of rotatable bonds is 9. The highest BCUT2D eigenvalue weighted by Gasteiger charge is 2.35. The van der Waals surface area contributed by atoms with E-state index in [1.54, 1.807) is 30.3 Å². The molecule has 0 saturated heterocycles. The molecule has 5 rings (SSSR count). The van der Waals surface area contributed by atoms with Gasteiger partial charge in [0.1, 0.15) is 16.7 Å². The van der Waals surface area contributed by atoms with Crippen molar-refractivity contribution in [3.8, 4) is 5.75 Å². The molecule has 1 unspecified atom stereocenters. The monoisotopic (exact) mass is 553 g/mol. The number of benzene rings is 2. The minimum Gasteiger partial charge on any atom is -0.488 e. The molecule has 200 valence electrons. The molecule has 0 radical (unpaired) electrons. The first-order valence-corrected chi connectivity index (χ1v) is 15.1. The van der Waals surface area contributed by atoms with E-state index in [4.69, 9.17) is 4.74 Å². The highest BCUT2D eigenvalue weighted by Crippen LogP contribution is 2.39. The first kappa shape index (κ1) is 26.6. The number of carbonyl (C=O) groups excluding carboxylic acids is 1. The van der Waals surface area contributed by atoms with E-state index < -0.39 is 21.9 Å². The summed E-state index contributed by atoms with van der Waals surface area (Å²) >= 11 is 1.36. The number of thiophene rings is 1. The molecular weight excluding hydrogens is 522 g/mol. The number of carboxylic acid groups (broad SMARTS) is 1. The molecule has 2 aromatic carbocycles. The number of ether oxygens (including phenoxy) is 1. The van der Waals surface area contributed by atoms with Gasteiger partial charge in [-0.05, 0) is 67.1 Å². The Kier molecular flexibility index (Phi) is 7.44. The molecule has 7 nitrogen and oxygen atoms in total. The number of nitrogens with zero attached hydrogens (tertiary/aromatic N) is 1. The quantitative estimate of drug-likeness (QED) is 0.345. The van der Waals surface area contributed by atoms with Gasteiger partial charge in [0.05, 0.1) is 17.8 Å². The van der Waals surface area contributed by atoms with Crippen LogP contribution in [0.5, 0.6) is 5.75 Å². The summed E-state index contributed by atoms with van der Waals surface area (Å²) in [5.74, 6) is -0.773. The first-order chi connectivity index (χ1) is 18.2. The summed E-state index contributed by atoms with van der Waals surface area (Å²) in [6.07, 6.45) is 2.08. The molecule has 2 atom stereocenters. The number of fused-ring (bicyclic) bond motifs is 1. The Hall–Kier alpha value is -3.01. The maximum atomic E-state index is 13.7. The van der Waals surface area contributed by atoms with Crippen molar-refractivity contribution in [1.29, 1.82) is 0 Å². The number of hydrogen-bond donors (Lipinski definition) is 1. The van der Waals surface area contributed by atoms with Gasteiger partial charge in [0, 0.05) is 23.3 Å². The Bertz CT molecular complexity index is 1470. The second kappa shape index (κ2) is 10.6. The van der Waals surface area contributed by atoms with Gasteiger partial charge < -0.3 is 9.84 Å². The lowest BCUT2D eigenvalue weighted by molar-refractivity contribution is -0.137. The van der Waals surface area contributed by atoms with E-state index in [0.29, 0.717) is 17.0 Å². The highest BCUT2D eigenvalue weighted by molar-refractivity contribution is 7.89. The van der Waals surface area contributed by atoms with Crippen LogP contribution in [0.1, 0.15) is 69.8 Å². The standard InChI is InChI=1S/C29H31NO6S2/c1-3-22-17-30(38(34,35)27-7-5-4-6-24(27)36-22)16-21-14-20(9-8-18(21)2)23(15-28(31)32)25-12-13-26(37-25)29(33)19-10-11-19/h4-9,12-14,19,22-23H,3,10-11,15-17H2,1-2H3,(H,31,32)/t22-,23?/m1/s1. The van der Waals surface area contributed by atoms with Crippen LogP contribution in [-0.4, -0.2) is 42.2 Å². The number of carbonyl (C=O) groups is 2. The Labute approximate surface area is 227 Å². The third kappa shape index (κ3) is 5.41. The number of hydrogen-bond acceptors (Lipinski definition) is 6. The van der Waals surface area contributed by atoms with Crippen LogP contribution in [0.3, 0.4) is 0 Å². The maximum absolute atomic E-state index is 13.7. The number of aliphatic carboxylic acids is 1. The molecule has 1 aliphatic heterocycles. The molecular formula is C29H31NO6S2. The van der Waals surface area contributed by atoms with E-state index in [9.17, 15) is 23.1 Å². The van der Waals surface area contributed by atoms with Gasteiger partial charge in [-0.3, -0.25) is 9.59 Å². The fourth-order valence-corrected chi connectivity index (χ4v) is 7.57. The molecule has 2 heterocycles. The summed E-state index contributed by atoms with van der Waals surface area (Å²) in [5, 5.41) is 9.69. The summed E-state index contributed by atoms with van der Waals surface area (Å²) in [6.45, 7) is 4.25. The molecule has 9 heteroatoms. The first-order valence-electron chi connectivity index (χ1n) is 12.9. The van der Waals surface area contributed by atoms with Crippen LogP contribution in [0.15, 0.2) is 59.5 Å². The van der Waals surface area contributed by atoms with Crippen molar-refractivity contribution in [2.45, 2.75) is 63.0 Å². The normalized spacial score (nSPS) is 19.7. The third-order valence-corrected chi connectivity index (χ3v) is 10.4.